The first kappa shape index (κ1) is 31.9. The van der Waals surface area contributed by atoms with Gasteiger partial charge < -0.3 is 4.42 Å². The zero-order valence-electron chi connectivity index (χ0n) is 30.2. The van der Waals surface area contributed by atoms with Crippen LogP contribution >= 0.6 is 0 Å². The van der Waals surface area contributed by atoms with Gasteiger partial charge in [0.1, 0.15) is 11.1 Å². The van der Waals surface area contributed by atoms with Gasteiger partial charge in [-0.3, -0.25) is 4.57 Å². The van der Waals surface area contributed by atoms with Gasteiger partial charge in [-0.1, -0.05) is 170 Å². The molecule has 0 saturated carbocycles. The van der Waals surface area contributed by atoms with Gasteiger partial charge >= 0.3 is 0 Å². The molecule has 3 aromatic heterocycles. The highest BCUT2D eigenvalue weighted by Crippen LogP contribution is 2.44. The maximum atomic E-state index is 7.07. The fourth-order valence-corrected chi connectivity index (χ4v) is 8.01. The first-order valence-corrected chi connectivity index (χ1v) is 18.8. The molecular formula is C51H32N4O. The predicted octanol–water partition coefficient (Wildman–Crippen LogP) is 13.2. The SMILES string of the molecule is c1ccc(-c2ccc(-c3nc(-c4ccccc4)nc(-n4c5ccccc5c5ccc6c(oc7cc(-c8ccccc8)cc(-c8ccccc8)c76)c54)n3)cc2)cc1. The van der Waals surface area contributed by atoms with Gasteiger partial charge in [0, 0.05) is 32.7 Å². The maximum absolute atomic E-state index is 7.07. The monoisotopic (exact) mass is 716 g/mol. The van der Waals surface area contributed by atoms with Crippen molar-refractivity contribution < 1.29 is 4.42 Å². The normalized spacial score (nSPS) is 11.6. The lowest BCUT2D eigenvalue weighted by molar-refractivity contribution is 0.671. The second-order valence-corrected chi connectivity index (χ2v) is 14.0. The molecule has 0 radical (unpaired) electrons. The number of benzene rings is 8. The molecule has 0 fully saturated rings. The van der Waals surface area contributed by atoms with Gasteiger partial charge in [-0.05, 0) is 57.6 Å². The number of furan rings is 1. The zero-order valence-corrected chi connectivity index (χ0v) is 30.2. The van der Waals surface area contributed by atoms with Crippen molar-refractivity contribution in [3.05, 3.63) is 194 Å². The average molecular weight is 717 g/mol. The summed E-state index contributed by atoms with van der Waals surface area (Å²) >= 11 is 0. The predicted molar refractivity (Wildman–Crippen MR) is 229 cm³/mol. The molecule has 0 amide bonds. The largest absolute Gasteiger partial charge is 0.454 e. The van der Waals surface area contributed by atoms with Crippen LogP contribution in [0.3, 0.4) is 0 Å². The van der Waals surface area contributed by atoms with Crippen molar-refractivity contribution in [2.75, 3.05) is 0 Å². The first-order valence-electron chi connectivity index (χ1n) is 18.8. The lowest BCUT2D eigenvalue weighted by atomic mass is 9.94. The summed E-state index contributed by atoms with van der Waals surface area (Å²) in [6, 6.07) is 67.3. The van der Waals surface area contributed by atoms with Crippen LogP contribution in [0.4, 0.5) is 0 Å². The molecule has 0 aliphatic rings. The quantitative estimate of drug-likeness (QED) is 0.172. The molecule has 0 unspecified atom stereocenters. The van der Waals surface area contributed by atoms with Crippen LogP contribution in [-0.4, -0.2) is 19.5 Å². The molecule has 0 saturated heterocycles. The zero-order chi connectivity index (χ0) is 37.0. The van der Waals surface area contributed by atoms with E-state index in [1.165, 1.54) is 0 Å². The molecule has 11 aromatic rings. The number of aromatic nitrogens is 4. The number of para-hydroxylation sites is 1. The van der Waals surface area contributed by atoms with E-state index < -0.39 is 0 Å². The smallest absolute Gasteiger partial charge is 0.238 e. The number of rotatable bonds is 6. The van der Waals surface area contributed by atoms with Crippen LogP contribution < -0.4 is 0 Å². The third-order valence-corrected chi connectivity index (χ3v) is 10.7. The molecule has 0 bridgehead atoms. The molecule has 5 heteroatoms. The standard InChI is InChI=1S/C51H32N4O/c1-5-15-33(16-6-1)35-25-27-38(28-26-35)50-52-49(37-21-11-4-12-22-37)53-51(54-50)55-44-24-14-13-23-40(44)41-29-30-42-46-43(36-19-9-3-10-20-36)31-39(34-17-7-2-8-18-34)32-45(46)56-48(42)47(41)55/h1-32H. The van der Waals surface area contributed by atoms with Crippen LogP contribution in [0, 0.1) is 0 Å². The Labute approximate surface area is 322 Å². The van der Waals surface area contributed by atoms with Crippen LogP contribution in [-0.2, 0) is 0 Å². The van der Waals surface area contributed by atoms with E-state index in [1.807, 2.05) is 42.5 Å². The summed E-state index contributed by atoms with van der Waals surface area (Å²) in [5.41, 5.74) is 12.1. The third kappa shape index (κ3) is 5.29. The van der Waals surface area contributed by atoms with Crippen LogP contribution in [0.25, 0.3) is 106 Å². The first-order chi connectivity index (χ1) is 27.8. The van der Waals surface area contributed by atoms with E-state index in [9.17, 15) is 0 Å². The Hall–Kier alpha value is -7.63. The Morgan fingerprint density at radius 2 is 0.875 bits per heavy atom. The van der Waals surface area contributed by atoms with E-state index >= 15 is 0 Å². The van der Waals surface area contributed by atoms with Gasteiger partial charge in [-0.2, -0.15) is 9.97 Å². The maximum Gasteiger partial charge on any atom is 0.238 e. The van der Waals surface area contributed by atoms with Gasteiger partial charge in [-0.25, -0.2) is 4.98 Å². The Morgan fingerprint density at radius 1 is 0.375 bits per heavy atom. The Bertz CT molecular complexity index is 3210. The Kier molecular flexibility index (Phi) is 7.42. The van der Waals surface area contributed by atoms with E-state index in [4.69, 9.17) is 19.4 Å². The summed E-state index contributed by atoms with van der Waals surface area (Å²) in [5, 5.41) is 4.26. The van der Waals surface area contributed by atoms with Crippen molar-refractivity contribution in [1.29, 1.82) is 0 Å². The highest BCUT2D eigenvalue weighted by Gasteiger charge is 2.23. The van der Waals surface area contributed by atoms with Gasteiger partial charge in [0.15, 0.2) is 17.2 Å². The van der Waals surface area contributed by atoms with Crippen LogP contribution in [0.2, 0.25) is 0 Å². The summed E-state index contributed by atoms with van der Waals surface area (Å²) in [6.45, 7) is 0. The molecule has 3 heterocycles. The minimum atomic E-state index is 0.522. The Morgan fingerprint density at radius 3 is 1.54 bits per heavy atom. The molecular weight excluding hydrogens is 685 g/mol. The summed E-state index contributed by atoms with van der Waals surface area (Å²) in [5.74, 6) is 1.71. The molecule has 0 atom stereocenters. The molecule has 0 aliphatic carbocycles. The van der Waals surface area contributed by atoms with E-state index in [-0.39, 0.29) is 0 Å². The number of nitrogens with zero attached hydrogens (tertiary/aromatic N) is 4. The fourth-order valence-electron chi connectivity index (χ4n) is 8.01. The second-order valence-electron chi connectivity index (χ2n) is 14.0. The molecule has 0 N–H and O–H groups in total. The summed E-state index contributed by atoms with van der Waals surface area (Å²) in [6.07, 6.45) is 0. The minimum absolute atomic E-state index is 0.522. The lowest BCUT2D eigenvalue weighted by Gasteiger charge is -2.11. The fraction of sp³-hybridized carbons (Fsp3) is 0. The van der Waals surface area contributed by atoms with E-state index in [0.717, 1.165) is 88.3 Å². The van der Waals surface area contributed by atoms with Crippen molar-refractivity contribution in [3.63, 3.8) is 0 Å². The highest BCUT2D eigenvalue weighted by molar-refractivity contribution is 6.24. The van der Waals surface area contributed by atoms with Crippen molar-refractivity contribution in [2.24, 2.45) is 0 Å². The second kappa shape index (κ2) is 13.0. The van der Waals surface area contributed by atoms with Gasteiger partial charge in [0.05, 0.1) is 5.52 Å². The molecule has 11 rings (SSSR count). The Balaban J connectivity index is 1.20. The van der Waals surface area contributed by atoms with Crippen molar-refractivity contribution in [2.45, 2.75) is 0 Å². The average Bonchev–Trinajstić information content (AvgIpc) is 3.83. The lowest BCUT2D eigenvalue weighted by Crippen LogP contribution is -2.06. The number of hydrogen-bond acceptors (Lipinski definition) is 4. The van der Waals surface area contributed by atoms with E-state index in [1.54, 1.807) is 0 Å². The van der Waals surface area contributed by atoms with Crippen molar-refractivity contribution in [3.8, 4) is 62.1 Å². The minimum Gasteiger partial charge on any atom is -0.454 e. The van der Waals surface area contributed by atoms with Crippen molar-refractivity contribution >= 4 is 43.7 Å². The van der Waals surface area contributed by atoms with Crippen LogP contribution in [0.15, 0.2) is 199 Å². The molecule has 8 aromatic carbocycles. The van der Waals surface area contributed by atoms with Gasteiger partial charge in [0.2, 0.25) is 5.95 Å². The summed E-state index contributed by atoms with van der Waals surface area (Å²) < 4.78 is 9.23. The summed E-state index contributed by atoms with van der Waals surface area (Å²) in [4.78, 5) is 15.5. The third-order valence-electron chi connectivity index (χ3n) is 10.7. The summed E-state index contributed by atoms with van der Waals surface area (Å²) in [7, 11) is 0. The molecule has 5 nitrogen and oxygen atoms in total. The van der Waals surface area contributed by atoms with Gasteiger partial charge in [0.25, 0.3) is 0 Å². The van der Waals surface area contributed by atoms with Gasteiger partial charge in [-0.15, -0.1) is 0 Å². The number of fused-ring (bicyclic) bond motifs is 7. The topological polar surface area (TPSA) is 56.7 Å². The van der Waals surface area contributed by atoms with Crippen molar-refractivity contribution in [1.82, 2.24) is 19.5 Å². The number of hydrogen-bond donors (Lipinski definition) is 0. The van der Waals surface area contributed by atoms with Crippen LogP contribution in [0.5, 0.6) is 0 Å². The van der Waals surface area contributed by atoms with E-state index in [2.05, 4.69) is 156 Å². The van der Waals surface area contributed by atoms with Crippen LogP contribution in [0.1, 0.15) is 0 Å². The highest BCUT2D eigenvalue weighted by atomic mass is 16.3. The molecule has 0 aliphatic heterocycles. The molecule has 262 valence electrons. The molecule has 0 spiro atoms. The van der Waals surface area contributed by atoms with E-state index in [0.29, 0.717) is 17.6 Å². The molecule has 56 heavy (non-hydrogen) atoms.